The number of hydrogen-bond donors (Lipinski definition) is 0. The molecule has 0 N–H and O–H groups in total. The number of nitro benzene ring substituents is 1. The van der Waals surface area contributed by atoms with E-state index < -0.39 is 16.1 Å². The summed E-state index contributed by atoms with van der Waals surface area (Å²) >= 11 is 4.26. The van der Waals surface area contributed by atoms with Crippen molar-refractivity contribution in [3.8, 4) is 5.75 Å². The van der Waals surface area contributed by atoms with Gasteiger partial charge in [-0.3, -0.25) is 29.4 Å². The van der Waals surface area contributed by atoms with Crippen LogP contribution in [0.25, 0.3) is 6.08 Å². The lowest BCUT2D eigenvalue weighted by Crippen LogP contribution is -2.40. The van der Waals surface area contributed by atoms with Crippen LogP contribution in [0, 0.1) is 10.1 Å². The first-order chi connectivity index (χ1) is 16.3. The molecule has 2 aromatic rings. The molecule has 2 aliphatic rings. The van der Waals surface area contributed by atoms with Crippen LogP contribution < -0.4 is 4.74 Å². The third-order valence-electron chi connectivity index (χ3n) is 5.42. The zero-order valence-corrected chi connectivity index (χ0v) is 20.3. The molecule has 0 saturated carbocycles. The van der Waals surface area contributed by atoms with Crippen LogP contribution in [0.1, 0.15) is 24.0 Å². The molecule has 0 aromatic heterocycles. The zero-order chi connectivity index (χ0) is 24.2. The smallest absolute Gasteiger partial charge is 0.294 e. The Morgan fingerprint density at radius 3 is 2.50 bits per heavy atom. The fourth-order valence-electron chi connectivity index (χ4n) is 3.59. The minimum atomic E-state index is -0.475. The maximum absolute atomic E-state index is 12.7. The number of amides is 3. The van der Waals surface area contributed by atoms with E-state index in [0.29, 0.717) is 28.9 Å². The predicted molar refractivity (Wildman–Crippen MR) is 130 cm³/mol. The van der Waals surface area contributed by atoms with E-state index >= 15 is 0 Å². The first kappa shape index (κ1) is 24.0. The molecule has 0 unspecified atom stereocenters. The van der Waals surface area contributed by atoms with Crippen molar-refractivity contribution < 1.29 is 24.0 Å². The molecular formula is C23H20BrN3O6S. The van der Waals surface area contributed by atoms with Gasteiger partial charge in [-0.15, -0.1) is 0 Å². The van der Waals surface area contributed by atoms with Gasteiger partial charge in [-0.2, -0.15) is 0 Å². The van der Waals surface area contributed by atoms with Crippen molar-refractivity contribution in [1.82, 2.24) is 9.80 Å². The number of nitrogens with zero attached hydrogens (tertiary/aromatic N) is 3. The van der Waals surface area contributed by atoms with Crippen molar-refractivity contribution >= 4 is 56.5 Å². The van der Waals surface area contributed by atoms with E-state index in [1.165, 1.54) is 12.1 Å². The Bertz CT molecular complexity index is 1180. The highest BCUT2D eigenvalue weighted by Gasteiger charge is 2.37. The number of carbonyl (C=O) groups is 3. The first-order valence-electron chi connectivity index (χ1n) is 10.5. The Labute approximate surface area is 208 Å². The van der Waals surface area contributed by atoms with Crippen molar-refractivity contribution in [2.24, 2.45) is 0 Å². The van der Waals surface area contributed by atoms with Gasteiger partial charge >= 0.3 is 0 Å². The monoisotopic (exact) mass is 545 g/mol. The highest BCUT2D eigenvalue weighted by atomic mass is 79.9. The molecule has 11 heteroatoms. The van der Waals surface area contributed by atoms with Crippen LogP contribution in [0.3, 0.4) is 0 Å². The number of halogens is 1. The quantitative estimate of drug-likeness (QED) is 0.284. The number of likely N-dealkylation sites (tertiary alicyclic amines) is 1. The number of benzene rings is 2. The van der Waals surface area contributed by atoms with Gasteiger partial charge in [-0.25, -0.2) is 0 Å². The maximum atomic E-state index is 12.7. The van der Waals surface area contributed by atoms with Crippen molar-refractivity contribution in [3.63, 3.8) is 0 Å². The van der Waals surface area contributed by atoms with Gasteiger partial charge in [0.1, 0.15) is 18.9 Å². The predicted octanol–water partition coefficient (Wildman–Crippen LogP) is 4.60. The number of imide groups is 1. The van der Waals surface area contributed by atoms with Crippen LogP contribution in [0.4, 0.5) is 10.5 Å². The van der Waals surface area contributed by atoms with E-state index in [0.717, 1.165) is 35.1 Å². The Morgan fingerprint density at radius 2 is 1.85 bits per heavy atom. The van der Waals surface area contributed by atoms with Gasteiger partial charge < -0.3 is 9.64 Å². The van der Waals surface area contributed by atoms with Crippen molar-refractivity contribution in [2.75, 3.05) is 19.6 Å². The number of hydrogen-bond acceptors (Lipinski definition) is 7. The topological polar surface area (TPSA) is 110 Å². The number of nitro groups is 1. The van der Waals surface area contributed by atoms with Gasteiger partial charge in [-0.05, 0) is 82.0 Å². The highest BCUT2D eigenvalue weighted by molar-refractivity contribution is 9.10. The van der Waals surface area contributed by atoms with Gasteiger partial charge in [-0.1, -0.05) is 6.07 Å². The third kappa shape index (κ3) is 5.48. The summed E-state index contributed by atoms with van der Waals surface area (Å²) in [4.78, 5) is 50.6. The second-order valence-corrected chi connectivity index (χ2v) is 9.61. The van der Waals surface area contributed by atoms with Crippen molar-refractivity contribution in [2.45, 2.75) is 19.4 Å². The number of ether oxygens (including phenoxy) is 1. The van der Waals surface area contributed by atoms with E-state index in [1.54, 1.807) is 41.3 Å². The van der Waals surface area contributed by atoms with Crippen LogP contribution in [0.5, 0.6) is 5.75 Å². The maximum Gasteiger partial charge on any atom is 0.294 e. The van der Waals surface area contributed by atoms with Crippen LogP contribution in [0.15, 0.2) is 51.8 Å². The molecule has 9 nitrogen and oxygen atoms in total. The molecule has 3 amide bonds. The molecule has 0 radical (unpaired) electrons. The second-order valence-electron chi connectivity index (χ2n) is 7.76. The molecular weight excluding hydrogens is 526 g/mol. The van der Waals surface area contributed by atoms with E-state index in [9.17, 15) is 24.5 Å². The van der Waals surface area contributed by atoms with E-state index in [4.69, 9.17) is 4.74 Å². The van der Waals surface area contributed by atoms with Gasteiger partial charge in [0.25, 0.3) is 16.8 Å². The highest BCUT2D eigenvalue weighted by Crippen LogP contribution is 2.34. The van der Waals surface area contributed by atoms with E-state index in [1.807, 2.05) is 0 Å². The Kier molecular flexibility index (Phi) is 7.32. The molecule has 0 atom stereocenters. The van der Waals surface area contributed by atoms with Gasteiger partial charge in [0, 0.05) is 25.2 Å². The summed E-state index contributed by atoms with van der Waals surface area (Å²) in [6.45, 7) is 1.32. The molecule has 2 fully saturated rings. The number of carbonyl (C=O) groups excluding carboxylic acids is 3. The summed E-state index contributed by atoms with van der Waals surface area (Å²) in [7, 11) is 0. The molecule has 2 aromatic carbocycles. The normalized spacial score (nSPS) is 17.0. The van der Waals surface area contributed by atoms with Gasteiger partial charge in [0.15, 0.2) is 0 Å². The summed E-state index contributed by atoms with van der Waals surface area (Å²) in [5.74, 6) is -0.129. The average molecular weight is 546 g/mol. The molecule has 176 valence electrons. The summed E-state index contributed by atoms with van der Waals surface area (Å²) < 4.78 is 6.43. The summed E-state index contributed by atoms with van der Waals surface area (Å²) in [6.07, 6.45) is 3.49. The average Bonchev–Trinajstić information content (AvgIpc) is 3.44. The number of non-ortho nitro benzene ring substituents is 1. The Balaban J connectivity index is 1.39. The Morgan fingerprint density at radius 1 is 1.15 bits per heavy atom. The molecule has 34 heavy (non-hydrogen) atoms. The second kappa shape index (κ2) is 10.4. The number of thioether (sulfide) groups is 1. The van der Waals surface area contributed by atoms with Gasteiger partial charge in [0.2, 0.25) is 5.91 Å². The SMILES string of the molecule is O=C(CN1C(=O)S/C(=C/c2ccc(OCc3ccc([N+](=O)[O-])cc3)c(Br)c2)C1=O)N1CCCC1. The minimum Gasteiger partial charge on any atom is -0.488 e. The molecule has 0 aliphatic carbocycles. The lowest BCUT2D eigenvalue weighted by molar-refractivity contribution is -0.384. The fourth-order valence-corrected chi connectivity index (χ4v) is 4.94. The lowest BCUT2D eigenvalue weighted by Gasteiger charge is -2.18. The van der Waals surface area contributed by atoms with Gasteiger partial charge in [0.05, 0.1) is 14.3 Å². The summed E-state index contributed by atoms with van der Waals surface area (Å²) in [5, 5.41) is 10.3. The largest absolute Gasteiger partial charge is 0.488 e. The molecule has 2 aliphatic heterocycles. The lowest BCUT2D eigenvalue weighted by atomic mass is 10.2. The minimum absolute atomic E-state index is 0.0131. The van der Waals surface area contributed by atoms with E-state index in [2.05, 4.69) is 15.9 Å². The summed E-state index contributed by atoms with van der Waals surface area (Å²) in [6, 6.07) is 11.3. The fraction of sp³-hybridized carbons (Fsp3) is 0.261. The third-order valence-corrected chi connectivity index (χ3v) is 6.95. The molecule has 0 bridgehead atoms. The van der Waals surface area contributed by atoms with Crippen LogP contribution in [0.2, 0.25) is 0 Å². The first-order valence-corrected chi connectivity index (χ1v) is 12.1. The standard InChI is InChI=1S/C23H20BrN3O6S/c24-18-11-16(5-8-19(18)33-14-15-3-6-17(7-4-15)27(31)32)12-20-22(29)26(23(30)34-20)13-21(28)25-9-1-2-10-25/h3-8,11-12H,1-2,9-10,13-14H2/b20-12+. The number of rotatable bonds is 7. The van der Waals surface area contributed by atoms with E-state index in [-0.39, 0.29) is 29.7 Å². The molecule has 0 spiro atoms. The van der Waals surface area contributed by atoms with Crippen LogP contribution in [-0.2, 0) is 16.2 Å². The van der Waals surface area contributed by atoms with Crippen molar-refractivity contribution in [1.29, 1.82) is 0 Å². The molecule has 4 rings (SSSR count). The van der Waals surface area contributed by atoms with Crippen LogP contribution in [-0.4, -0.2) is 51.4 Å². The molecule has 2 heterocycles. The summed E-state index contributed by atoms with van der Waals surface area (Å²) in [5.41, 5.74) is 1.48. The molecule has 2 saturated heterocycles. The van der Waals surface area contributed by atoms with Crippen LogP contribution >= 0.6 is 27.7 Å². The van der Waals surface area contributed by atoms with Crippen molar-refractivity contribution in [3.05, 3.63) is 73.1 Å². The zero-order valence-electron chi connectivity index (χ0n) is 17.9. The Hall–Kier alpha value is -3.18.